The first-order valence-electron chi connectivity index (χ1n) is 12.2. The molecule has 0 saturated heterocycles. The molecular weight excluding hydrogens is 438 g/mol. The molecule has 2 heteroatoms. The van der Waals surface area contributed by atoms with Crippen molar-refractivity contribution in [2.24, 2.45) is 0 Å². The van der Waals surface area contributed by atoms with E-state index < -0.39 is 0 Å². The molecule has 0 radical (unpaired) electrons. The molecule has 36 heavy (non-hydrogen) atoms. The van der Waals surface area contributed by atoms with E-state index in [9.17, 15) is 4.79 Å². The van der Waals surface area contributed by atoms with Crippen LogP contribution in [0.4, 0.5) is 17.1 Å². The minimum atomic E-state index is 0.671. The van der Waals surface area contributed by atoms with Crippen molar-refractivity contribution in [2.75, 3.05) is 4.90 Å². The number of hydrogen-bond acceptors (Lipinski definition) is 2. The standard InChI is InChI=1S/C34H23NO/c1-22-7-2-3-14-31(22)35(25-17-15-23(21-36)16-18-25)32-20-19-29-27-11-5-9-24-8-4-10-26(33(24)27)28-12-6-13-30(32)34(28)29/h2-21H,1H3. The van der Waals surface area contributed by atoms with E-state index in [-0.39, 0.29) is 0 Å². The number of anilines is 3. The van der Waals surface area contributed by atoms with Crippen LogP contribution in [0.5, 0.6) is 0 Å². The van der Waals surface area contributed by atoms with E-state index in [1.165, 1.54) is 48.7 Å². The van der Waals surface area contributed by atoms with Gasteiger partial charge >= 0.3 is 0 Å². The highest BCUT2D eigenvalue weighted by Crippen LogP contribution is 2.46. The molecule has 0 fully saturated rings. The molecule has 0 atom stereocenters. The Labute approximate surface area is 209 Å². The third kappa shape index (κ3) is 2.95. The lowest BCUT2D eigenvalue weighted by Crippen LogP contribution is -2.12. The van der Waals surface area contributed by atoms with E-state index in [2.05, 4.69) is 103 Å². The first-order chi connectivity index (χ1) is 17.7. The Morgan fingerprint density at radius 1 is 0.528 bits per heavy atom. The first kappa shape index (κ1) is 20.7. The van der Waals surface area contributed by atoms with Crippen molar-refractivity contribution in [3.8, 4) is 0 Å². The summed E-state index contributed by atoms with van der Waals surface area (Å²) in [6, 6.07) is 40.7. The molecule has 0 N–H and O–H groups in total. The largest absolute Gasteiger partial charge is 0.310 e. The molecule has 0 bridgehead atoms. The fourth-order valence-corrected chi connectivity index (χ4v) is 5.75. The van der Waals surface area contributed by atoms with Crippen LogP contribution in [-0.4, -0.2) is 6.29 Å². The number of benzene rings is 7. The lowest BCUT2D eigenvalue weighted by atomic mass is 9.89. The van der Waals surface area contributed by atoms with Crippen LogP contribution >= 0.6 is 0 Å². The van der Waals surface area contributed by atoms with E-state index in [1.54, 1.807) is 0 Å². The Hall–Kier alpha value is -4.69. The van der Waals surface area contributed by atoms with Crippen molar-refractivity contribution >= 4 is 66.4 Å². The molecule has 7 aromatic rings. The van der Waals surface area contributed by atoms with Gasteiger partial charge in [0, 0.05) is 22.3 Å². The van der Waals surface area contributed by atoms with Gasteiger partial charge in [0.15, 0.2) is 0 Å². The molecule has 7 aromatic carbocycles. The zero-order valence-corrected chi connectivity index (χ0v) is 19.9. The third-order valence-electron chi connectivity index (χ3n) is 7.39. The van der Waals surface area contributed by atoms with Crippen LogP contribution in [0.2, 0.25) is 0 Å². The maximum atomic E-state index is 11.3. The molecule has 0 aliphatic heterocycles. The van der Waals surface area contributed by atoms with Crippen molar-refractivity contribution in [1.29, 1.82) is 0 Å². The minimum Gasteiger partial charge on any atom is -0.310 e. The molecule has 0 heterocycles. The van der Waals surface area contributed by atoms with Crippen LogP contribution in [0.25, 0.3) is 43.1 Å². The van der Waals surface area contributed by atoms with Crippen molar-refractivity contribution in [2.45, 2.75) is 6.92 Å². The summed E-state index contributed by atoms with van der Waals surface area (Å²) in [5, 5.41) is 10.2. The van der Waals surface area contributed by atoms with Gasteiger partial charge in [-0.2, -0.15) is 0 Å². The van der Waals surface area contributed by atoms with Crippen molar-refractivity contribution < 1.29 is 4.79 Å². The van der Waals surface area contributed by atoms with Crippen LogP contribution in [0, 0.1) is 6.92 Å². The molecule has 0 amide bonds. The topological polar surface area (TPSA) is 20.3 Å². The summed E-state index contributed by atoms with van der Waals surface area (Å²) in [6.45, 7) is 2.14. The SMILES string of the molecule is Cc1ccccc1N(c1ccc(C=O)cc1)c1ccc2c3cccc4cccc(c5cccc1c52)c43. The summed E-state index contributed by atoms with van der Waals surface area (Å²) < 4.78 is 0. The quantitative estimate of drug-likeness (QED) is 0.148. The summed E-state index contributed by atoms with van der Waals surface area (Å²) >= 11 is 0. The third-order valence-corrected chi connectivity index (χ3v) is 7.39. The second-order valence-electron chi connectivity index (χ2n) is 9.40. The van der Waals surface area contributed by atoms with Crippen molar-refractivity contribution in [3.63, 3.8) is 0 Å². The molecule has 7 rings (SSSR count). The lowest BCUT2D eigenvalue weighted by molar-refractivity contribution is 0.112. The molecule has 0 aliphatic carbocycles. The summed E-state index contributed by atoms with van der Waals surface area (Å²) in [7, 11) is 0. The fraction of sp³-hybridized carbons (Fsp3) is 0.0294. The highest BCUT2D eigenvalue weighted by atomic mass is 16.1. The van der Waals surface area contributed by atoms with E-state index >= 15 is 0 Å². The molecule has 0 aliphatic rings. The van der Waals surface area contributed by atoms with Crippen molar-refractivity contribution in [3.05, 3.63) is 126 Å². The summed E-state index contributed by atoms with van der Waals surface area (Å²) in [4.78, 5) is 13.6. The predicted octanol–water partition coefficient (Wildman–Crippen LogP) is 9.33. The number of carbonyl (C=O) groups excluding carboxylic acids is 1. The molecule has 0 aromatic heterocycles. The number of rotatable bonds is 4. The van der Waals surface area contributed by atoms with Gasteiger partial charge in [-0.1, -0.05) is 78.9 Å². The number of para-hydroxylation sites is 1. The van der Waals surface area contributed by atoms with Gasteiger partial charge in [-0.3, -0.25) is 4.79 Å². The number of nitrogens with zero attached hydrogens (tertiary/aromatic N) is 1. The summed E-state index contributed by atoms with van der Waals surface area (Å²) in [6.07, 6.45) is 0.891. The average molecular weight is 462 g/mol. The van der Waals surface area contributed by atoms with Gasteiger partial charge in [-0.05, 0) is 86.6 Å². The Morgan fingerprint density at radius 2 is 1.14 bits per heavy atom. The maximum Gasteiger partial charge on any atom is 0.150 e. The highest BCUT2D eigenvalue weighted by Gasteiger charge is 2.20. The van der Waals surface area contributed by atoms with Gasteiger partial charge in [-0.25, -0.2) is 0 Å². The molecule has 0 unspecified atom stereocenters. The number of fused-ring (bicyclic) bond motifs is 2. The Morgan fingerprint density at radius 3 is 1.83 bits per heavy atom. The molecule has 170 valence electrons. The second kappa shape index (κ2) is 7.93. The maximum absolute atomic E-state index is 11.3. The lowest BCUT2D eigenvalue weighted by Gasteiger charge is -2.29. The molecule has 0 saturated carbocycles. The highest BCUT2D eigenvalue weighted by molar-refractivity contribution is 6.34. The van der Waals surface area contributed by atoms with E-state index in [1.807, 2.05) is 24.3 Å². The first-order valence-corrected chi connectivity index (χ1v) is 12.2. The zero-order valence-electron chi connectivity index (χ0n) is 19.9. The van der Waals surface area contributed by atoms with Gasteiger partial charge in [0.05, 0.1) is 5.69 Å². The summed E-state index contributed by atoms with van der Waals surface area (Å²) in [5.74, 6) is 0. The zero-order chi connectivity index (χ0) is 24.2. The number of hydrogen-bond donors (Lipinski definition) is 0. The Balaban J connectivity index is 1.61. The monoisotopic (exact) mass is 461 g/mol. The van der Waals surface area contributed by atoms with Gasteiger partial charge in [0.1, 0.15) is 6.29 Å². The Kier molecular flexibility index (Phi) is 4.55. The van der Waals surface area contributed by atoms with Crippen LogP contribution < -0.4 is 4.90 Å². The molecule has 2 nitrogen and oxygen atoms in total. The summed E-state index contributed by atoms with van der Waals surface area (Å²) in [5.41, 5.74) is 5.12. The van der Waals surface area contributed by atoms with Gasteiger partial charge < -0.3 is 4.90 Å². The number of aryl methyl sites for hydroxylation is 1. The van der Waals surface area contributed by atoms with Crippen molar-refractivity contribution in [1.82, 2.24) is 0 Å². The minimum absolute atomic E-state index is 0.671. The number of carbonyl (C=O) groups is 1. The number of aldehydes is 1. The predicted molar refractivity (Wildman–Crippen MR) is 152 cm³/mol. The van der Waals surface area contributed by atoms with E-state index in [0.717, 1.165) is 23.3 Å². The van der Waals surface area contributed by atoms with E-state index in [4.69, 9.17) is 0 Å². The van der Waals surface area contributed by atoms with Crippen LogP contribution in [0.1, 0.15) is 15.9 Å². The Bertz CT molecular complexity index is 1870. The average Bonchev–Trinajstić information content (AvgIpc) is 2.93. The van der Waals surface area contributed by atoms with Crippen LogP contribution in [0.3, 0.4) is 0 Å². The fourth-order valence-electron chi connectivity index (χ4n) is 5.75. The second-order valence-corrected chi connectivity index (χ2v) is 9.40. The van der Waals surface area contributed by atoms with Gasteiger partial charge in [0.25, 0.3) is 0 Å². The van der Waals surface area contributed by atoms with E-state index in [0.29, 0.717) is 5.56 Å². The van der Waals surface area contributed by atoms with Gasteiger partial charge in [-0.15, -0.1) is 0 Å². The van der Waals surface area contributed by atoms with Gasteiger partial charge in [0.2, 0.25) is 0 Å². The van der Waals surface area contributed by atoms with Crippen LogP contribution in [-0.2, 0) is 0 Å². The molecular formula is C34H23NO. The molecule has 0 spiro atoms. The smallest absolute Gasteiger partial charge is 0.150 e. The normalized spacial score (nSPS) is 11.6. The van der Waals surface area contributed by atoms with Crippen LogP contribution in [0.15, 0.2) is 115 Å².